The number of nitrogen functional groups attached to an aromatic ring is 1. The van der Waals surface area contributed by atoms with Gasteiger partial charge in [0.05, 0.1) is 18.0 Å². The second-order valence-electron chi connectivity index (χ2n) is 3.60. The summed E-state index contributed by atoms with van der Waals surface area (Å²) in [5.74, 6) is 0.513. The van der Waals surface area contributed by atoms with Crippen molar-refractivity contribution >= 4 is 11.5 Å². The van der Waals surface area contributed by atoms with Crippen molar-refractivity contribution in [1.29, 1.82) is 0 Å². The molecule has 2 unspecified atom stereocenters. The highest BCUT2D eigenvalue weighted by atomic mass is 16.3. The van der Waals surface area contributed by atoms with Crippen LogP contribution in [-0.4, -0.2) is 22.2 Å². The Balaban J connectivity index is 2.47. The number of nitrogens with zero attached hydrogens (tertiary/aromatic N) is 1. The predicted octanol–water partition coefficient (Wildman–Crippen LogP) is 1.24. The molecular formula is C10H17N3O. The van der Waals surface area contributed by atoms with E-state index in [4.69, 9.17) is 10.8 Å². The molecule has 14 heavy (non-hydrogen) atoms. The Morgan fingerprint density at radius 1 is 1.50 bits per heavy atom. The van der Waals surface area contributed by atoms with E-state index in [0.717, 1.165) is 5.69 Å². The third-order valence-corrected chi connectivity index (χ3v) is 1.89. The van der Waals surface area contributed by atoms with Gasteiger partial charge in [0.25, 0.3) is 0 Å². The van der Waals surface area contributed by atoms with Gasteiger partial charge in [-0.1, -0.05) is 0 Å². The Morgan fingerprint density at radius 3 is 2.71 bits per heavy atom. The minimum Gasteiger partial charge on any atom is -0.393 e. The molecule has 4 N–H and O–H groups in total. The van der Waals surface area contributed by atoms with Gasteiger partial charge in [-0.05, 0) is 32.4 Å². The van der Waals surface area contributed by atoms with Gasteiger partial charge in [-0.3, -0.25) is 0 Å². The van der Waals surface area contributed by atoms with Crippen molar-refractivity contribution in [1.82, 2.24) is 4.98 Å². The Labute approximate surface area is 84.2 Å². The Kier molecular flexibility index (Phi) is 3.71. The molecule has 0 saturated carbocycles. The maximum absolute atomic E-state index is 9.17. The lowest BCUT2D eigenvalue weighted by molar-refractivity contribution is 0.179. The minimum atomic E-state index is -0.292. The van der Waals surface area contributed by atoms with Gasteiger partial charge >= 0.3 is 0 Å². The zero-order valence-corrected chi connectivity index (χ0v) is 8.57. The molecule has 0 bridgehead atoms. The number of anilines is 2. The van der Waals surface area contributed by atoms with Gasteiger partial charge < -0.3 is 16.2 Å². The van der Waals surface area contributed by atoms with Crippen LogP contribution in [0.25, 0.3) is 0 Å². The van der Waals surface area contributed by atoms with E-state index in [1.54, 1.807) is 19.2 Å². The van der Waals surface area contributed by atoms with Crippen LogP contribution in [0.15, 0.2) is 18.3 Å². The van der Waals surface area contributed by atoms with E-state index in [-0.39, 0.29) is 12.1 Å². The molecule has 0 saturated heterocycles. The second-order valence-corrected chi connectivity index (χ2v) is 3.60. The number of aliphatic hydroxyl groups is 1. The SMILES string of the molecule is CC(O)CC(C)Nc1ccc(N)nc1. The fraction of sp³-hybridized carbons (Fsp3) is 0.500. The second kappa shape index (κ2) is 4.81. The fourth-order valence-corrected chi connectivity index (χ4v) is 1.35. The van der Waals surface area contributed by atoms with Crippen molar-refractivity contribution in [3.63, 3.8) is 0 Å². The molecule has 0 aliphatic carbocycles. The van der Waals surface area contributed by atoms with Crippen LogP contribution < -0.4 is 11.1 Å². The van der Waals surface area contributed by atoms with Crippen molar-refractivity contribution in [2.45, 2.75) is 32.4 Å². The average molecular weight is 195 g/mol. The smallest absolute Gasteiger partial charge is 0.123 e. The third kappa shape index (κ3) is 3.62. The minimum absolute atomic E-state index is 0.223. The zero-order valence-electron chi connectivity index (χ0n) is 8.57. The summed E-state index contributed by atoms with van der Waals surface area (Å²) in [6.07, 6.45) is 2.11. The maximum Gasteiger partial charge on any atom is 0.123 e. The number of nitrogens with one attached hydrogen (secondary N) is 1. The van der Waals surface area contributed by atoms with E-state index in [9.17, 15) is 0 Å². The van der Waals surface area contributed by atoms with Gasteiger partial charge in [0, 0.05) is 6.04 Å². The average Bonchev–Trinajstić information content (AvgIpc) is 2.07. The molecule has 1 aromatic heterocycles. The van der Waals surface area contributed by atoms with E-state index < -0.39 is 0 Å². The van der Waals surface area contributed by atoms with Gasteiger partial charge in [-0.25, -0.2) is 4.98 Å². The summed E-state index contributed by atoms with van der Waals surface area (Å²) in [6.45, 7) is 3.79. The molecule has 0 radical (unpaired) electrons. The van der Waals surface area contributed by atoms with Crippen LogP contribution in [0.3, 0.4) is 0 Å². The maximum atomic E-state index is 9.17. The highest BCUT2D eigenvalue weighted by Crippen LogP contribution is 2.10. The quantitative estimate of drug-likeness (QED) is 0.676. The summed E-state index contributed by atoms with van der Waals surface area (Å²) >= 11 is 0. The molecule has 1 aromatic rings. The van der Waals surface area contributed by atoms with E-state index in [1.165, 1.54) is 0 Å². The monoisotopic (exact) mass is 195 g/mol. The third-order valence-electron chi connectivity index (χ3n) is 1.89. The van der Waals surface area contributed by atoms with E-state index in [2.05, 4.69) is 10.3 Å². The van der Waals surface area contributed by atoms with Crippen LogP contribution in [0, 0.1) is 0 Å². The number of aromatic nitrogens is 1. The Morgan fingerprint density at radius 2 is 2.21 bits per heavy atom. The van der Waals surface area contributed by atoms with Crippen LogP contribution in [-0.2, 0) is 0 Å². The molecule has 78 valence electrons. The molecule has 0 aliphatic rings. The molecular weight excluding hydrogens is 178 g/mol. The van der Waals surface area contributed by atoms with Crippen molar-refractivity contribution in [2.75, 3.05) is 11.1 Å². The molecule has 0 aromatic carbocycles. The van der Waals surface area contributed by atoms with E-state index in [1.807, 2.05) is 13.0 Å². The number of nitrogens with two attached hydrogens (primary N) is 1. The first-order chi connectivity index (χ1) is 6.58. The normalized spacial score (nSPS) is 14.8. The fourth-order valence-electron chi connectivity index (χ4n) is 1.35. The molecule has 1 rings (SSSR count). The van der Waals surface area contributed by atoms with Gasteiger partial charge in [0.2, 0.25) is 0 Å². The Bertz CT molecular complexity index is 271. The first-order valence-corrected chi connectivity index (χ1v) is 4.74. The molecule has 0 amide bonds. The Hall–Kier alpha value is -1.29. The van der Waals surface area contributed by atoms with Crippen molar-refractivity contribution in [3.8, 4) is 0 Å². The summed E-state index contributed by atoms with van der Waals surface area (Å²) in [5, 5.41) is 12.4. The van der Waals surface area contributed by atoms with Crippen LogP contribution in [0.4, 0.5) is 11.5 Å². The van der Waals surface area contributed by atoms with Gasteiger partial charge in [0.15, 0.2) is 0 Å². The number of aliphatic hydroxyl groups excluding tert-OH is 1. The summed E-state index contributed by atoms with van der Waals surface area (Å²) in [7, 11) is 0. The first-order valence-electron chi connectivity index (χ1n) is 4.74. The highest BCUT2D eigenvalue weighted by molar-refractivity contribution is 5.45. The van der Waals surface area contributed by atoms with Crippen molar-refractivity contribution in [2.24, 2.45) is 0 Å². The van der Waals surface area contributed by atoms with Gasteiger partial charge in [-0.15, -0.1) is 0 Å². The lowest BCUT2D eigenvalue weighted by atomic mass is 10.1. The molecule has 2 atom stereocenters. The van der Waals surface area contributed by atoms with Crippen LogP contribution in [0.1, 0.15) is 20.3 Å². The van der Waals surface area contributed by atoms with Crippen molar-refractivity contribution < 1.29 is 5.11 Å². The number of hydrogen-bond acceptors (Lipinski definition) is 4. The van der Waals surface area contributed by atoms with Crippen LogP contribution >= 0.6 is 0 Å². The van der Waals surface area contributed by atoms with Gasteiger partial charge in [-0.2, -0.15) is 0 Å². The van der Waals surface area contributed by atoms with Gasteiger partial charge in [0.1, 0.15) is 5.82 Å². The standard InChI is InChI=1S/C10H17N3O/c1-7(5-8(2)14)13-9-3-4-10(11)12-6-9/h3-4,6-8,13-14H,5H2,1-2H3,(H2,11,12). The lowest BCUT2D eigenvalue weighted by Gasteiger charge is -2.16. The topological polar surface area (TPSA) is 71.2 Å². The summed E-state index contributed by atoms with van der Waals surface area (Å²) in [5.41, 5.74) is 6.38. The van der Waals surface area contributed by atoms with Crippen LogP contribution in [0.2, 0.25) is 0 Å². The molecule has 0 spiro atoms. The lowest BCUT2D eigenvalue weighted by Crippen LogP contribution is -2.20. The van der Waals surface area contributed by atoms with Crippen LogP contribution in [0.5, 0.6) is 0 Å². The summed E-state index contributed by atoms with van der Waals surface area (Å²) in [6, 6.07) is 3.85. The molecule has 1 heterocycles. The largest absolute Gasteiger partial charge is 0.393 e. The zero-order chi connectivity index (χ0) is 10.6. The predicted molar refractivity (Wildman–Crippen MR) is 58.0 cm³/mol. The molecule has 0 fully saturated rings. The number of pyridine rings is 1. The summed E-state index contributed by atoms with van der Waals surface area (Å²) < 4.78 is 0. The number of rotatable bonds is 4. The van der Waals surface area contributed by atoms with Crippen molar-refractivity contribution in [3.05, 3.63) is 18.3 Å². The summed E-state index contributed by atoms with van der Waals surface area (Å²) in [4.78, 5) is 3.96. The molecule has 4 heteroatoms. The first kappa shape index (κ1) is 10.8. The highest BCUT2D eigenvalue weighted by Gasteiger charge is 2.05. The van der Waals surface area contributed by atoms with E-state index >= 15 is 0 Å². The molecule has 0 aliphatic heterocycles. The molecule has 4 nitrogen and oxygen atoms in total. The number of hydrogen-bond donors (Lipinski definition) is 3. The van der Waals surface area contributed by atoms with E-state index in [0.29, 0.717) is 12.2 Å².